The monoisotopic (exact) mass is 680 g/mol. The van der Waals surface area contributed by atoms with E-state index >= 15 is 0 Å². The topological polar surface area (TPSA) is 13.1 Å². The summed E-state index contributed by atoms with van der Waals surface area (Å²) in [5.74, 6) is 0. The highest BCUT2D eigenvalue weighted by atomic mass is 16.3. The number of hydrogen-bond acceptors (Lipinski definition) is 1. The molecule has 0 aliphatic rings. The Kier molecular flexibility index (Phi) is 5.07. The number of rotatable bonds is 4. The van der Waals surface area contributed by atoms with E-state index in [1.54, 1.807) is 0 Å². The van der Waals surface area contributed by atoms with Crippen LogP contribution in [0.2, 0.25) is 0 Å². The van der Waals surface area contributed by atoms with Crippen molar-refractivity contribution < 1.29 is 15.4 Å². The highest BCUT2D eigenvalue weighted by Crippen LogP contribution is 2.47. The predicted octanol–water partition coefficient (Wildman–Crippen LogP) is 14.9. The summed E-state index contributed by atoms with van der Waals surface area (Å²) in [5.41, 5.74) is 6.84. The normalized spacial score (nSPS) is 13.9. The van der Waals surface area contributed by atoms with E-state index in [1.807, 2.05) is 127 Å². The summed E-state index contributed by atoms with van der Waals surface area (Å²) in [4.78, 5) is 0. The van der Waals surface area contributed by atoms with Gasteiger partial charge in [0.15, 0.2) is 0 Å². The molecular weight excluding hydrogens is 641 g/mol. The fourth-order valence-electron chi connectivity index (χ4n) is 8.16. The zero-order chi connectivity index (χ0) is 41.8. The van der Waals surface area contributed by atoms with E-state index in [0.29, 0.717) is 27.8 Å². The zero-order valence-corrected chi connectivity index (χ0v) is 28.3. The van der Waals surface area contributed by atoms with Gasteiger partial charge in [0.1, 0.15) is 11.2 Å². The van der Waals surface area contributed by atoms with E-state index in [1.165, 1.54) is 0 Å². The number of fused-ring (bicyclic) bond motifs is 7. The van der Waals surface area contributed by atoms with Gasteiger partial charge in [0.25, 0.3) is 0 Å². The minimum atomic E-state index is -0.438. The molecular formula is C52H32O. The van der Waals surface area contributed by atoms with Crippen LogP contribution in [0.4, 0.5) is 0 Å². The van der Waals surface area contributed by atoms with Crippen LogP contribution >= 0.6 is 0 Å². The number of hydrogen-bond donors (Lipinski definition) is 0. The Balaban J connectivity index is 1.28. The Morgan fingerprint density at radius 1 is 0.340 bits per heavy atom. The molecule has 0 N–H and O–H groups in total. The predicted molar refractivity (Wildman–Crippen MR) is 225 cm³/mol. The molecule has 246 valence electrons. The largest absolute Gasteiger partial charge is 0.456 e. The second kappa shape index (κ2) is 11.8. The van der Waals surface area contributed by atoms with Crippen molar-refractivity contribution in [3.8, 4) is 44.5 Å². The van der Waals surface area contributed by atoms with Gasteiger partial charge in [-0.2, -0.15) is 0 Å². The van der Waals surface area contributed by atoms with E-state index in [9.17, 15) is 5.48 Å². The van der Waals surface area contributed by atoms with E-state index in [0.717, 1.165) is 60.2 Å². The summed E-state index contributed by atoms with van der Waals surface area (Å²) in [6, 6.07) is 44.5. The van der Waals surface area contributed by atoms with Crippen LogP contribution in [0.15, 0.2) is 198 Å². The summed E-state index contributed by atoms with van der Waals surface area (Å²) in [6.07, 6.45) is 0. The molecule has 10 aromatic carbocycles. The van der Waals surface area contributed by atoms with Gasteiger partial charge in [0.05, 0.1) is 11.0 Å². The minimum absolute atomic E-state index is 0.172. The second-order valence-corrected chi connectivity index (χ2v) is 13.4. The molecule has 1 heterocycles. The van der Waals surface area contributed by atoms with Crippen LogP contribution < -0.4 is 0 Å². The molecule has 0 spiro atoms. The van der Waals surface area contributed by atoms with Gasteiger partial charge in [-0.15, -0.1) is 0 Å². The average Bonchev–Trinajstić information content (AvgIpc) is 3.67. The molecule has 1 nitrogen and oxygen atoms in total. The molecule has 1 heteroatoms. The summed E-state index contributed by atoms with van der Waals surface area (Å²) in [6.45, 7) is 0. The van der Waals surface area contributed by atoms with Crippen molar-refractivity contribution in [2.45, 2.75) is 0 Å². The fourth-order valence-corrected chi connectivity index (χ4v) is 8.16. The lowest BCUT2D eigenvalue weighted by Crippen LogP contribution is -1.92. The number of furan rings is 1. The molecule has 0 radical (unpaired) electrons. The second-order valence-electron chi connectivity index (χ2n) is 13.4. The van der Waals surface area contributed by atoms with Gasteiger partial charge < -0.3 is 4.42 Å². The molecule has 11 aromatic rings. The lowest BCUT2D eigenvalue weighted by molar-refractivity contribution is 0.669. The quantitative estimate of drug-likeness (QED) is 0.169. The van der Waals surface area contributed by atoms with E-state index < -0.39 is 24.2 Å². The molecule has 0 aliphatic carbocycles. The van der Waals surface area contributed by atoms with Crippen molar-refractivity contribution in [1.82, 2.24) is 0 Å². The van der Waals surface area contributed by atoms with Crippen LogP contribution in [0.25, 0.3) is 110 Å². The molecule has 0 saturated carbocycles. The molecule has 0 bridgehead atoms. The van der Waals surface area contributed by atoms with Crippen molar-refractivity contribution >= 4 is 65.0 Å². The molecule has 0 fully saturated rings. The Labute approximate surface area is 318 Å². The van der Waals surface area contributed by atoms with Crippen molar-refractivity contribution in [2.24, 2.45) is 0 Å². The van der Waals surface area contributed by atoms with Crippen LogP contribution in [0.5, 0.6) is 0 Å². The Hall–Kier alpha value is -6.96. The third-order valence-electron chi connectivity index (χ3n) is 10.5. The maximum Gasteiger partial charge on any atom is 0.136 e. The number of benzene rings is 10. The third-order valence-corrected chi connectivity index (χ3v) is 10.5. The smallest absolute Gasteiger partial charge is 0.136 e. The van der Waals surface area contributed by atoms with Crippen molar-refractivity contribution in [3.05, 3.63) is 194 Å². The maximum absolute atomic E-state index is 9.55. The van der Waals surface area contributed by atoms with Gasteiger partial charge in [0.2, 0.25) is 0 Å². The van der Waals surface area contributed by atoms with Crippen molar-refractivity contribution in [3.63, 3.8) is 0 Å². The van der Waals surface area contributed by atoms with Gasteiger partial charge in [0, 0.05) is 10.8 Å². The molecule has 0 unspecified atom stereocenters. The zero-order valence-electron chi connectivity index (χ0n) is 36.3. The maximum atomic E-state index is 9.55. The summed E-state index contributed by atoms with van der Waals surface area (Å²) >= 11 is 0. The van der Waals surface area contributed by atoms with Crippen LogP contribution in [-0.2, 0) is 0 Å². The van der Waals surface area contributed by atoms with Crippen LogP contribution in [-0.4, -0.2) is 0 Å². The molecule has 0 atom stereocenters. The van der Waals surface area contributed by atoms with Gasteiger partial charge in [-0.05, 0) is 112 Å². The lowest BCUT2D eigenvalue weighted by Gasteiger charge is -2.20. The first-order valence-corrected chi connectivity index (χ1v) is 17.6. The first-order chi connectivity index (χ1) is 29.6. The molecule has 0 amide bonds. The van der Waals surface area contributed by atoms with Gasteiger partial charge >= 0.3 is 0 Å². The van der Waals surface area contributed by atoms with Crippen LogP contribution in [0.3, 0.4) is 0 Å². The van der Waals surface area contributed by atoms with E-state index in [-0.39, 0.29) is 45.7 Å². The fraction of sp³-hybridized carbons (Fsp3) is 0. The molecule has 0 aliphatic heterocycles. The molecule has 1 aromatic heterocycles. The minimum Gasteiger partial charge on any atom is -0.456 e. The standard InChI is InChI=1S/C52H32O/c1-2-14-33(15-3-1)38-28-29-46(41-21-7-6-20-40(38)41)51-44-24-10-8-22-42(44)50(43-23-9-11-25-45(43)51)37-19-12-18-36(30-37)39-26-13-27-48-52(39)47-31-34-16-4-5-17-35(34)32-49(47)53-48/h1-32H/i8D,9D,10D,11D,22D,23D,24D,25D. The lowest BCUT2D eigenvalue weighted by atomic mass is 9.83. The Bertz CT molecular complexity index is 3610. The molecule has 53 heavy (non-hydrogen) atoms. The van der Waals surface area contributed by atoms with Crippen molar-refractivity contribution in [1.29, 1.82) is 0 Å². The van der Waals surface area contributed by atoms with Gasteiger partial charge in [-0.1, -0.05) is 170 Å². The average molecular weight is 681 g/mol. The SMILES string of the molecule is [2H]c1c([2H])c([2H])c2c(-c3ccc(-c4ccccc4)c4ccccc34)c3c([2H])c([2H])c([2H])c([2H])c3c(-c3cccc(-c4cccc5oc6cc7ccccc7cc6c45)c3)c2c1[2H]. The molecule has 11 rings (SSSR count). The van der Waals surface area contributed by atoms with Crippen molar-refractivity contribution in [2.75, 3.05) is 0 Å². The van der Waals surface area contributed by atoms with E-state index in [2.05, 4.69) is 18.2 Å². The highest BCUT2D eigenvalue weighted by molar-refractivity contribution is 6.24. The first kappa shape index (κ1) is 22.8. The Morgan fingerprint density at radius 3 is 1.64 bits per heavy atom. The summed E-state index contributed by atoms with van der Waals surface area (Å²) < 4.78 is 80.4. The first-order valence-electron chi connectivity index (χ1n) is 21.6. The third kappa shape index (κ3) is 4.64. The highest BCUT2D eigenvalue weighted by Gasteiger charge is 2.20. The van der Waals surface area contributed by atoms with Crippen LogP contribution in [0.1, 0.15) is 11.0 Å². The van der Waals surface area contributed by atoms with Gasteiger partial charge in [-0.3, -0.25) is 0 Å². The van der Waals surface area contributed by atoms with Gasteiger partial charge in [-0.25, -0.2) is 0 Å². The Morgan fingerprint density at radius 2 is 0.906 bits per heavy atom. The summed E-state index contributed by atoms with van der Waals surface area (Å²) in [7, 11) is 0. The summed E-state index contributed by atoms with van der Waals surface area (Å²) in [5, 5.41) is 6.36. The molecule has 0 saturated heterocycles. The van der Waals surface area contributed by atoms with E-state index in [4.69, 9.17) is 9.90 Å². The van der Waals surface area contributed by atoms with Crippen LogP contribution in [0, 0.1) is 0 Å².